The van der Waals surface area contributed by atoms with Crippen LogP contribution in [-0.4, -0.2) is 44.9 Å². The molecule has 4 aromatic rings. The molecular formula is C22H23N7O2. The Bertz CT molecular complexity index is 1190. The van der Waals surface area contributed by atoms with E-state index in [1.54, 1.807) is 30.1 Å². The van der Waals surface area contributed by atoms with Gasteiger partial charge in [-0.3, -0.25) is 4.79 Å². The summed E-state index contributed by atoms with van der Waals surface area (Å²) in [5.74, 6) is 1.38. The molecule has 158 valence electrons. The average molecular weight is 417 g/mol. The van der Waals surface area contributed by atoms with Crippen LogP contribution >= 0.6 is 0 Å². The number of nitrogens with zero attached hydrogens (tertiary/aromatic N) is 6. The Hall–Kier alpha value is -4.01. The van der Waals surface area contributed by atoms with Gasteiger partial charge in [-0.15, -0.1) is 0 Å². The highest BCUT2D eigenvalue weighted by molar-refractivity contribution is 5.95. The summed E-state index contributed by atoms with van der Waals surface area (Å²) in [4.78, 5) is 23.3. The third-order valence-electron chi connectivity index (χ3n) is 4.90. The van der Waals surface area contributed by atoms with Gasteiger partial charge in [0.25, 0.3) is 11.8 Å². The molecule has 9 nitrogen and oxygen atoms in total. The van der Waals surface area contributed by atoms with Crippen molar-refractivity contribution in [1.82, 2.24) is 30.2 Å². The SMILES string of the molecule is Cc1noc(-c2ccc(-n3ncc(C(=O)NCc4ccc(N(C)C)cc4)c3C)nc2)n1. The minimum absolute atomic E-state index is 0.182. The molecule has 0 spiro atoms. The van der Waals surface area contributed by atoms with Gasteiger partial charge >= 0.3 is 0 Å². The van der Waals surface area contributed by atoms with E-state index in [0.29, 0.717) is 40.9 Å². The van der Waals surface area contributed by atoms with Gasteiger partial charge in [0.05, 0.1) is 23.0 Å². The summed E-state index contributed by atoms with van der Waals surface area (Å²) in [6.07, 6.45) is 3.19. The van der Waals surface area contributed by atoms with Crippen molar-refractivity contribution in [1.29, 1.82) is 0 Å². The number of hydrogen-bond donors (Lipinski definition) is 1. The van der Waals surface area contributed by atoms with Crippen LogP contribution in [0.25, 0.3) is 17.3 Å². The van der Waals surface area contributed by atoms with Gasteiger partial charge in [0.15, 0.2) is 11.6 Å². The zero-order valence-corrected chi connectivity index (χ0v) is 17.8. The molecular weight excluding hydrogens is 394 g/mol. The molecule has 0 aliphatic heterocycles. The van der Waals surface area contributed by atoms with E-state index in [4.69, 9.17) is 4.52 Å². The summed E-state index contributed by atoms with van der Waals surface area (Å²) in [6.45, 7) is 4.03. The first-order chi connectivity index (χ1) is 14.9. The zero-order chi connectivity index (χ0) is 22.0. The fourth-order valence-corrected chi connectivity index (χ4v) is 3.11. The molecule has 0 radical (unpaired) electrons. The van der Waals surface area contributed by atoms with Crippen molar-refractivity contribution in [2.75, 3.05) is 19.0 Å². The third-order valence-corrected chi connectivity index (χ3v) is 4.90. The first-order valence-electron chi connectivity index (χ1n) is 9.78. The highest BCUT2D eigenvalue weighted by Gasteiger charge is 2.16. The lowest BCUT2D eigenvalue weighted by Crippen LogP contribution is -2.23. The number of carbonyl (C=O) groups excluding carboxylic acids is 1. The van der Waals surface area contributed by atoms with Gasteiger partial charge in [0.2, 0.25) is 0 Å². The van der Waals surface area contributed by atoms with E-state index in [1.165, 1.54) is 0 Å². The predicted octanol–water partition coefficient (Wildman–Crippen LogP) is 2.93. The van der Waals surface area contributed by atoms with Gasteiger partial charge in [0.1, 0.15) is 0 Å². The number of rotatable bonds is 6. The Morgan fingerprint density at radius 1 is 1.10 bits per heavy atom. The van der Waals surface area contributed by atoms with Gasteiger partial charge in [-0.1, -0.05) is 17.3 Å². The first kappa shape index (κ1) is 20.3. The molecule has 0 saturated carbocycles. The van der Waals surface area contributed by atoms with Crippen molar-refractivity contribution >= 4 is 11.6 Å². The van der Waals surface area contributed by atoms with Gasteiger partial charge < -0.3 is 14.7 Å². The van der Waals surface area contributed by atoms with Crippen LogP contribution in [0.3, 0.4) is 0 Å². The fourth-order valence-electron chi connectivity index (χ4n) is 3.11. The topological polar surface area (TPSA) is 102 Å². The lowest BCUT2D eigenvalue weighted by Gasteiger charge is -2.13. The van der Waals surface area contributed by atoms with Crippen molar-refractivity contribution in [3.8, 4) is 17.3 Å². The molecule has 1 N–H and O–H groups in total. The number of nitrogens with one attached hydrogen (secondary N) is 1. The summed E-state index contributed by atoms with van der Waals surface area (Å²) >= 11 is 0. The van der Waals surface area contributed by atoms with Crippen LogP contribution in [0.2, 0.25) is 0 Å². The number of aromatic nitrogens is 5. The maximum atomic E-state index is 12.7. The van der Waals surface area contributed by atoms with E-state index >= 15 is 0 Å². The number of pyridine rings is 1. The summed E-state index contributed by atoms with van der Waals surface area (Å²) in [7, 11) is 3.98. The number of amides is 1. The quantitative estimate of drug-likeness (QED) is 0.515. The molecule has 9 heteroatoms. The normalized spacial score (nSPS) is 10.8. The molecule has 1 aromatic carbocycles. The number of benzene rings is 1. The van der Waals surface area contributed by atoms with E-state index in [0.717, 1.165) is 11.3 Å². The molecule has 0 aliphatic rings. The summed E-state index contributed by atoms with van der Waals surface area (Å²) in [5, 5.41) is 11.1. The standard InChI is InChI=1S/C22H23N7O2/c1-14-19(21(30)24-11-16-5-8-18(9-6-16)28(3)4)13-25-29(14)20-10-7-17(12-23-20)22-26-15(2)27-31-22/h5-10,12-13H,11H2,1-4H3,(H,24,30). The Kier molecular flexibility index (Phi) is 5.48. The minimum Gasteiger partial charge on any atom is -0.378 e. The van der Waals surface area contributed by atoms with E-state index in [2.05, 4.69) is 25.5 Å². The summed E-state index contributed by atoms with van der Waals surface area (Å²) < 4.78 is 6.79. The molecule has 3 heterocycles. The van der Waals surface area contributed by atoms with Gasteiger partial charge in [-0.2, -0.15) is 10.1 Å². The highest BCUT2D eigenvalue weighted by Crippen LogP contribution is 2.19. The van der Waals surface area contributed by atoms with Crippen LogP contribution in [0.4, 0.5) is 5.69 Å². The van der Waals surface area contributed by atoms with Crippen LogP contribution in [0.1, 0.15) is 27.4 Å². The molecule has 0 saturated heterocycles. The maximum absolute atomic E-state index is 12.7. The van der Waals surface area contributed by atoms with E-state index in [1.807, 2.05) is 56.3 Å². The van der Waals surface area contributed by atoms with Crippen LogP contribution in [0.5, 0.6) is 0 Å². The molecule has 0 fully saturated rings. The Morgan fingerprint density at radius 2 is 1.87 bits per heavy atom. The first-order valence-corrected chi connectivity index (χ1v) is 9.78. The Balaban J connectivity index is 1.45. The number of aryl methyl sites for hydroxylation is 1. The smallest absolute Gasteiger partial charge is 0.259 e. The molecule has 0 bridgehead atoms. The lowest BCUT2D eigenvalue weighted by molar-refractivity contribution is 0.0950. The zero-order valence-electron chi connectivity index (χ0n) is 17.8. The average Bonchev–Trinajstić information content (AvgIpc) is 3.38. The number of carbonyl (C=O) groups is 1. The maximum Gasteiger partial charge on any atom is 0.259 e. The summed E-state index contributed by atoms with van der Waals surface area (Å²) in [5.41, 5.74) is 4.06. The molecule has 4 rings (SSSR count). The molecule has 1 amide bonds. The predicted molar refractivity (Wildman–Crippen MR) is 116 cm³/mol. The van der Waals surface area contributed by atoms with Gasteiger partial charge in [-0.25, -0.2) is 9.67 Å². The van der Waals surface area contributed by atoms with Crippen LogP contribution < -0.4 is 10.2 Å². The monoisotopic (exact) mass is 417 g/mol. The Labute approximate surface area is 179 Å². The van der Waals surface area contributed by atoms with Crippen molar-refractivity contribution in [2.45, 2.75) is 20.4 Å². The van der Waals surface area contributed by atoms with E-state index in [9.17, 15) is 4.79 Å². The largest absolute Gasteiger partial charge is 0.378 e. The van der Waals surface area contributed by atoms with Gasteiger partial charge in [-0.05, 0) is 43.7 Å². The summed E-state index contributed by atoms with van der Waals surface area (Å²) in [6, 6.07) is 11.7. The van der Waals surface area contributed by atoms with Crippen molar-refractivity contribution < 1.29 is 9.32 Å². The fraction of sp³-hybridized carbons (Fsp3) is 0.227. The van der Waals surface area contributed by atoms with Crippen molar-refractivity contribution in [3.05, 3.63) is 71.4 Å². The second kappa shape index (κ2) is 8.39. The molecule has 0 aliphatic carbocycles. The minimum atomic E-state index is -0.182. The van der Waals surface area contributed by atoms with Crippen LogP contribution in [0, 0.1) is 13.8 Å². The van der Waals surface area contributed by atoms with Gasteiger partial charge in [0, 0.05) is 32.5 Å². The molecule has 0 atom stereocenters. The van der Waals surface area contributed by atoms with Crippen molar-refractivity contribution in [2.24, 2.45) is 0 Å². The second-order valence-corrected chi connectivity index (χ2v) is 7.35. The molecule has 3 aromatic heterocycles. The lowest BCUT2D eigenvalue weighted by atomic mass is 10.2. The highest BCUT2D eigenvalue weighted by atomic mass is 16.5. The second-order valence-electron chi connectivity index (χ2n) is 7.35. The molecule has 0 unspecified atom stereocenters. The third kappa shape index (κ3) is 4.30. The van der Waals surface area contributed by atoms with Crippen LogP contribution in [-0.2, 0) is 6.54 Å². The van der Waals surface area contributed by atoms with E-state index < -0.39 is 0 Å². The Morgan fingerprint density at radius 3 is 2.48 bits per heavy atom. The van der Waals surface area contributed by atoms with Crippen LogP contribution in [0.15, 0.2) is 53.3 Å². The number of hydrogen-bond acceptors (Lipinski definition) is 7. The van der Waals surface area contributed by atoms with E-state index in [-0.39, 0.29) is 5.91 Å². The molecule has 31 heavy (non-hydrogen) atoms. The number of anilines is 1. The van der Waals surface area contributed by atoms with Crippen molar-refractivity contribution in [3.63, 3.8) is 0 Å².